The van der Waals surface area contributed by atoms with Crippen LogP contribution in [0.25, 0.3) is 0 Å². The minimum Gasteiger partial charge on any atom is -0.462 e. The van der Waals surface area contributed by atoms with Crippen molar-refractivity contribution < 1.29 is 28.6 Å². The number of ether oxygens (including phenoxy) is 3. The van der Waals surface area contributed by atoms with Crippen LogP contribution in [0.4, 0.5) is 0 Å². The van der Waals surface area contributed by atoms with Crippen LogP contribution in [0.15, 0.2) is 85.1 Å². The van der Waals surface area contributed by atoms with E-state index in [1.807, 2.05) is 0 Å². The predicted molar refractivity (Wildman–Crippen MR) is 325 cm³/mol. The summed E-state index contributed by atoms with van der Waals surface area (Å²) in [5.74, 6) is -0.922. The molecule has 75 heavy (non-hydrogen) atoms. The highest BCUT2D eigenvalue weighted by molar-refractivity contribution is 5.71. The second kappa shape index (κ2) is 63.1. The Hall–Kier alpha value is -3.41. The molecule has 0 aromatic rings. The first-order valence-electron chi connectivity index (χ1n) is 32.1. The van der Waals surface area contributed by atoms with Gasteiger partial charge in [0.25, 0.3) is 0 Å². The lowest BCUT2D eigenvalue weighted by atomic mass is 10.0. The Labute approximate surface area is 465 Å². The molecule has 0 amide bonds. The van der Waals surface area contributed by atoms with Crippen molar-refractivity contribution in [1.82, 2.24) is 0 Å². The highest BCUT2D eigenvalue weighted by Crippen LogP contribution is 2.16. The summed E-state index contributed by atoms with van der Waals surface area (Å²) in [6.07, 6.45) is 83.0. The fourth-order valence-electron chi connectivity index (χ4n) is 9.05. The first-order valence-corrected chi connectivity index (χ1v) is 32.1. The van der Waals surface area contributed by atoms with Crippen LogP contribution < -0.4 is 0 Å². The van der Waals surface area contributed by atoms with E-state index in [1.165, 1.54) is 173 Å². The molecule has 0 aliphatic heterocycles. The molecule has 0 rings (SSSR count). The van der Waals surface area contributed by atoms with Crippen molar-refractivity contribution in [3.05, 3.63) is 85.1 Å². The van der Waals surface area contributed by atoms with Gasteiger partial charge in [-0.2, -0.15) is 0 Å². The SMILES string of the molecule is CC/C=C\C/C=C\C/C=C\C/C=C\C/C=C\CCCCCC(=O)OC(COC(=O)CCCCCCC/C=C\CCCCCCCC)COC(=O)CCCCCCCCCCCCC/C=C\CCCCCCCCCC. The van der Waals surface area contributed by atoms with Crippen molar-refractivity contribution in [1.29, 1.82) is 0 Å². The number of esters is 3. The van der Waals surface area contributed by atoms with Gasteiger partial charge in [-0.25, -0.2) is 0 Å². The molecule has 6 nitrogen and oxygen atoms in total. The minimum absolute atomic E-state index is 0.0919. The largest absolute Gasteiger partial charge is 0.462 e. The molecule has 0 aliphatic rings. The molecular weight excluding hydrogens is 925 g/mol. The zero-order valence-electron chi connectivity index (χ0n) is 49.6. The van der Waals surface area contributed by atoms with E-state index in [0.717, 1.165) is 103 Å². The van der Waals surface area contributed by atoms with Crippen LogP contribution >= 0.6 is 0 Å². The van der Waals surface area contributed by atoms with Crippen LogP contribution in [-0.4, -0.2) is 37.2 Å². The third-order valence-electron chi connectivity index (χ3n) is 13.9. The van der Waals surface area contributed by atoms with Crippen LogP contribution in [-0.2, 0) is 28.6 Å². The van der Waals surface area contributed by atoms with Gasteiger partial charge >= 0.3 is 17.9 Å². The first-order chi connectivity index (χ1) is 37.0. The second-order valence-corrected chi connectivity index (χ2v) is 21.3. The summed E-state index contributed by atoms with van der Waals surface area (Å²) in [7, 11) is 0. The number of carbonyl (C=O) groups excluding carboxylic acids is 3. The Morgan fingerprint density at radius 3 is 0.840 bits per heavy atom. The van der Waals surface area contributed by atoms with Crippen molar-refractivity contribution in [2.75, 3.05) is 13.2 Å². The molecule has 0 bridgehead atoms. The first kappa shape index (κ1) is 71.6. The molecule has 0 saturated heterocycles. The van der Waals surface area contributed by atoms with E-state index in [-0.39, 0.29) is 37.5 Å². The Morgan fingerprint density at radius 1 is 0.280 bits per heavy atom. The lowest BCUT2D eigenvalue weighted by molar-refractivity contribution is -0.167. The summed E-state index contributed by atoms with van der Waals surface area (Å²) in [4.78, 5) is 38.3. The number of unbranched alkanes of at least 4 members (excludes halogenated alkanes) is 33. The van der Waals surface area contributed by atoms with Gasteiger partial charge in [0.2, 0.25) is 0 Å². The molecule has 0 aromatic heterocycles. The quantitative estimate of drug-likeness (QED) is 0.0261. The normalized spacial score (nSPS) is 12.6. The van der Waals surface area contributed by atoms with Crippen molar-refractivity contribution in [2.45, 2.75) is 322 Å². The van der Waals surface area contributed by atoms with E-state index in [4.69, 9.17) is 14.2 Å². The molecule has 0 spiro atoms. The molecule has 432 valence electrons. The summed E-state index contributed by atoms with van der Waals surface area (Å²) in [5.41, 5.74) is 0. The van der Waals surface area contributed by atoms with Crippen molar-refractivity contribution in [3.63, 3.8) is 0 Å². The molecule has 1 unspecified atom stereocenters. The van der Waals surface area contributed by atoms with Crippen LogP contribution in [0.3, 0.4) is 0 Å². The van der Waals surface area contributed by atoms with Gasteiger partial charge in [0.15, 0.2) is 6.10 Å². The lowest BCUT2D eigenvalue weighted by Gasteiger charge is -2.18. The summed E-state index contributed by atoms with van der Waals surface area (Å²) < 4.78 is 16.9. The van der Waals surface area contributed by atoms with Crippen molar-refractivity contribution in [3.8, 4) is 0 Å². The van der Waals surface area contributed by atoms with Gasteiger partial charge in [0.1, 0.15) is 13.2 Å². The maximum atomic E-state index is 12.9. The fourth-order valence-corrected chi connectivity index (χ4v) is 9.05. The smallest absolute Gasteiger partial charge is 0.306 e. The van der Waals surface area contributed by atoms with Crippen LogP contribution in [0.2, 0.25) is 0 Å². The van der Waals surface area contributed by atoms with Crippen LogP contribution in [0, 0.1) is 0 Å². The third-order valence-corrected chi connectivity index (χ3v) is 13.9. The standard InChI is InChI=1S/C69H120O6/c1-4-7-10-13-16-19-22-25-28-30-32-33-34-35-37-38-41-44-47-50-53-56-59-62-68(71)74-65-66(64-73-67(70)61-58-55-52-49-46-43-40-27-24-21-18-15-12-9-6-3)75-69(72)63-60-57-54-51-48-45-42-39-36-31-29-26-23-20-17-14-11-8-5-2/h8,11,17,20,26-27,29-30,32,36,39-40,45,48,66H,4-7,9-10,12-16,18-19,21-25,28,31,33-35,37-38,41-44,46-47,49-65H2,1-3H3/b11-8-,20-17-,29-26-,32-30-,39-36-,40-27-,48-45-. The minimum atomic E-state index is -0.799. The predicted octanol–water partition coefficient (Wildman–Crippen LogP) is 21.9. The van der Waals surface area contributed by atoms with Gasteiger partial charge < -0.3 is 14.2 Å². The van der Waals surface area contributed by atoms with Gasteiger partial charge in [0.05, 0.1) is 0 Å². The van der Waals surface area contributed by atoms with E-state index < -0.39 is 6.10 Å². The molecular formula is C69H120O6. The van der Waals surface area contributed by atoms with Gasteiger partial charge in [-0.3, -0.25) is 14.4 Å². The number of hydrogen-bond donors (Lipinski definition) is 0. The van der Waals surface area contributed by atoms with Crippen LogP contribution in [0.5, 0.6) is 0 Å². The van der Waals surface area contributed by atoms with E-state index in [2.05, 4.69) is 106 Å². The van der Waals surface area contributed by atoms with Crippen molar-refractivity contribution in [2.24, 2.45) is 0 Å². The Bertz CT molecular complexity index is 1430. The van der Waals surface area contributed by atoms with Gasteiger partial charge in [0, 0.05) is 19.3 Å². The van der Waals surface area contributed by atoms with Gasteiger partial charge in [-0.15, -0.1) is 0 Å². The molecule has 0 saturated carbocycles. The fraction of sp³-hybridized carbons (Fsp3) is 0.754. The number of carbonyl (C=O) groups is 3. The topological polar surface area (TPSA) is 78.9 Å². The average molecular weight is 1050 g/mol. The number of hydrogen-bond acceptors (Lipinski definition) is 6. The maximum Gasteiger partial charge on any atom is 0.306 e. The summed E-state index contributed by atoms with van der Waals surface area (Å²) in [5, 5.41) is 0. The summed E-state index contributed by atoms with van der Waals surface area (Å²) in [6.45, 7) is 6.52. The Balaban J connectivity index is 4.39. The molecule has 0 N–H and O–H groups in total. The van der Waals surface area contributed by atoms with E-state index in [9.17, 15) is 14.4 Å². The average Bonchev–Trinajstić information content (AvgIpc) is 3.41. The molecule has 0 radical (unpaired) electrons. The highest BCUT2D eigenvalue weighted by atomic mass is 16.6. The Morgan fingerprint density at radius 2 is 0.520 bits per heavy atom. The molecule has 6 heteroatoms. The van der Waals surface area contributed by atoms with Gasteiger partial charge in [-0.1, -0.05) is 266 Å². The number of allylic oxidation sites excluding steroid dienone is 14. The summed E-state index contributed by atoms with van der Waals surface area (Å²) >= 11 is 0. The second-order valence-electron chi connectivity index (χ2n) is 21.3. The van der Waals surface area contributed by atoms with E-state index in [1.54, 1.807) is 0 Å². The third kappa shape index (κ3) is 61.3. The zero-order chi connectivity index (χ0) is 54.3. The highest BCUT2D eigenvalue weighted by Gasteiger charge is 2.19. The molecule has 0 aromatic carbocycles. The van der Waals surface area contributed by atoms with E-state index >= 15 is 0 Å². The number of rotatable bonds is 58. The zero-order valence-corrected chi connectivity index (χ0v) is 49.6. The molecule has 1 atom stereocenters. The van der Waals surface area contributed by atoms with Gasteiger partial charge in [-0.05, 0) is 116 Å². The molecule has 0 fully saturated rings. The molecule has 0 heterocycles. The van der Waals surface area contributed by atoms with Crippen LogP contribution in [0.1, 0.15) is 316 Å². The van der Waals surface area contributed by atoms with Crippen molar-refractivity contribution >= 4 is 17.9 Å². The maximum absolute atomic E-state index is 12.9. The van der Waals surface area contributed by atoms with E-state index in [0.29, 0.717) is 12.8 Å². The molecule has 0 aliphatic carbocycles. The Kier molecular flexibility index (Phi) is 60.3. The lowest BCUT2D eigenvalue weighted by Crippen LogP contribution is -2.30. The summed E-state index contributed by atoms with van der Waals surface area (Å²) in [6, 6.07) is 0. The monoisotopic (exact) mass is 1040 g/mol.